The average molecular weight is 357 g/mol. The molecular weight excluding hydrogens is 344 g/mol. The van der Waals surface area contributed by atoms with E-state index in [4.69, 9.17) is 16.0 Å². The Morgan fingerprint density at radius 1 is 1.25 bits per heavy atom. The van der Waals surface area contributed by atoms with Gasteiger partial charge in [-0.15, -0.1) is 0 Å². The Morgan fingerprint density at radius 2 is 2.12 bits per heavy atom. The van der Waals surface area contributed by atoms with Crippen LogP contribution in [0.5, 0.6) is 0 Å². The van der Waals surface area contributed by atoms with Crippen molar-refractivity contribution < 1.29 is 9.21 Å². The number of hydrogen-bond acceptors (Lipinski definition) is 4. The van der Waals surface area contributed by atoms with E-state index in [2.05, 4.69) is 5.10 Å². The first kappa shape index (κ1) is 15.2. The molecule has 24 heavy (non-hydrogen) atoms. The molecule has 1 aliphatic rings. The zero-order valence-corrected chi connectivity index (χ0v) is 14.1. The Hall–Kier alpha value is -2.37. The number of hydrogen-bond donors (Lipinski definition) is 0. The highest BCUT2D eigenvalue weighted by atomic mass is 35.5. The maximum absolute atomic E-state index is 13.0. The number of carbonyl (C=O) groups excluding carboxylic acids is 1. The molecule has 4 rings (SSSR count). The first-order valence-electron chi connectivity index (χ1n) is 7.45. The third kappa shape index (κ3) is 2.66. The lowest BCUT2D eigenvalue weighted by molar-refractivity contribution is 0.0693. The second kappa shape index (κ2) is 6.26. The van der Waals surface area contributed by atoms with Gasteiger partial charge < -0.3 is 4.42 Å². The molecular formula is C18H13ClN2O2S. The van der Waals surface area contributed by atoms with Gasteiger partial charge in [0.15, 0.2) is 0 Å². The molecule has 0 saturated carbocycles. The van der Waals surface area contributed by atoms with Gasteiger partial charge in [0.1, 0.15) is 11.8 Å². The second-order valence-electron chi connectivity index (χ2n) is 5.42. The van der Waals surface area contributed by atoms with Crippen LogP contribution in [0.2, 0.25) is 5.02 Å². The van der Waals surface area contributed by atoms with Crippen LogP contribution < -0.4 is 0 Å². The normalized spacial score (nSPS) is 17.1. The molecule has 0 N–H and O–H groups in total. The third-order valence-corrected chi connectivity index (χ3v) is 4.96. The van der Waals surface area contributed by atoms with Crippen LogP contribution in [-0.2, 0) is 0 Å². The summed E-state index contributed by atoms with van der Waals surface area (Å²) in [7, 11) is 0. The number of nitrogens with zero attached hydrogens (tertiary/aromatic N) is 2. The predicted molar refractivity (Wildman–Crippen MR) is 94.5 cm³/mol. The van der Waals surface area contributed by atoms with Gasteiger partial charge in [-0.3, -0.25) is 4.79 Å². The Bertz CT molecular complexity index is 888. The number of hydrazone groups is 1. The van der Waals surface area contributed by atoms with Gasteiger partial charge in [-0.1, -0.05) is 23.7 Å². The van der Waals surface area contributed by atoms with Crippen LogP contribution in [0.15, 0.2) is 69.0 Å². The van der Waals surface area contributed by atoms with Gasteiger partial charge in [-0.2, -0.15) is 16.4 Å². The van der Waals surface area contributed by atoms with Crippen LogP contribution in [0.4, 0.5) is 0 Å². The molecule has 1 aliphatic heterocycles. The Morgan fingerprint density at radius 3 is 2.83 bits per heavy atom. The molecule has 3 heterocycles. The minimum Gasteiger partial charge on any atom is -0.467 e. The van der Waals surface area contributed by atoms with Crippen molar-refractivity contribution in [3.8, 4) is 0 Å². The van der Waals surface area contributed by atoms with E-state index in [0.29, 0.717) is 22.8 Å². The standard InChI is InChI=1S/C18H13ClN2O2S/c19-14-5-2-1-4-13(14)18(22)21-16(17-6-3-8-23-17)10-15(20-21)12-7-9-24-11-12/h1-9,11,16H,10H2/t16-/m0/s1. The summed E-state index contributed by atoms with van der Waals surface area (Å²) in [6.45, 7) is 0. The molecule has 4 nitrogen and oxygen atoms in total. The van der Waals surface area contributed by atoms with Crippen molar-refractivity contribution in [2.45, 2.75) is 12.5 Å². The number of carbonyl (C=O) groups is 1. The van der Waals surface area contributed by atoms with Gasteiger partial charge in [0.25, 0.3) is 5.91 Å². The lowest BCUT2D eigenvalue weighted by Crippen LogP contribution is -2.27. The molecule has 3 aromatic rings. The quantitative estimate of drug-likeness (QED) is 0.664. The van der Waals surface area contributed by atoms with Crippen molar-refractivity contribution in [2.75, 3.05) is 0 Å². The zero-order chi connectivity index (χ0) is 16.5. The van der Waals surface area contributed by atoms with Crippen LogP contribution in [-0.4, -0.2) is 16.6 Å². The van der Waals surface area contributed by atoms with E-state index in [9.17, 15) is 4.79 Å². The molecule has 0 aliphatic carbocycles. The summed E-state index contributed by atoms with van der Waals surface area (Å²) in [6.07, 6.45) is 2.22. The van der Waals surface area contributed by atoms with Crippen molar-refractivity contribution in [2.24, 2.45) is 5.10 Å². The molecule has 1 aromatic carbocycles. The topological polar surface area (TPSA) is 45.8 Å². The Kier molecular flexibility index (Phi) is 3.96. The first-order valence-corrected chi connectivity index (χ1v) is 8.77. The Balaban J connectivity index is 1.74. The van der Waals surface area contributed by atoms with E-state index in [0.717, 1.165) is 11.3 Å². The van der Waals surface area contributed by atoms with Gasteiger partial charge >= 0.3 is 0 Å². The number of amides is 1. The molecule has 1 atom stereocenters. The van der Waals surface area contributed by atoms with E-state index in [-0.39, 0.29) is 11.9 Å². The molecule has 0 bridgehead atoms. The van der Waals surface area contributed by atoms with Crippen LogP contribution in [0.1, 0.15) is 34.1 Å². The zero-order valence-electron chi connectivity index (χ0n) is 12.6. The monoisotopic (exact) mass is 356 g/mol. The molecule has 2 aromatic heterocycles. The van der Waals surface area contributed by atoms with Crippen LogP contribution >= 0.6 is 22.9 Å². The van der Waals surface area contributed by atoms with E-state index in [1.165, 1.54) is 5.01 Å². The molecule has 0 saturated heterocycles. The highest BCUT2D eigenvalue weighted by Crippen LogP contribution is 2.35. The fraction of sp³-hybridized carbons (Fsp3) is 0.111. The minimum atomic E-state index is -0.265. The van der Waals surface area contributed by atoms with Crippen molar-refractivity contribution in [1.82, 2.24) is 5.01 Å². The summed E-state index contributed by atoms with van der Waals surface area (Å²) < 4.78 is 5.53. The second-order valence-corrected chi connectivity index (χ2v) is 6.61. The number of rotatable bonds is 3. The fourth-order valence-electron chi connectivity index (χ4n) is 2.76. The lowest BCUT2D eigenvalue weighted by Gasteiger charge is -2.20. The Labute approximate surface area is 148 Å². The number of halogens is 1. The van der Waals surface area contributed by atoms with Gasteiger partial charge in [0.05, 0.1) is 22.6 Å². The minimum absolute atomic E-state index is 0.229. The SMILES string of the molecule is O=C(c1ccccc1Cl)N1N=C(c2ccsc2)C[C@H]1c1ccco1. The highest BCUT2D eigenvalue weighted by molar-refractivity contribution is 7.08. The lowest BCUT2D eigenvalue weighted by atomic mass is 10.0. The third-order valence-electron chi connectivity index (χ3n) is 3.95. The van der Waals surface area contributed by atoms with Crippen LogP contribution in [0, 0.1) is 0 Å². The van der Waals surface area contributed by atoms with Gasteiger partial charge in [0, 0.05) is 12.0 Å². The first-order chi connectivity index (χ1) is 11.7. The molecule has 0 radical (unpaired) electrons. The molecule has 6 heteroatoms. The van der Waals surface area contributed by atoms with Crippen LogP contribution in [0.3, 0.4) is 0 Å². The number of thiophene rings is 1. The summed E-state index contributed by atoms with van der Waals surface area (Å²) >= 11 is 7.79. The largest absolute Gasteiger partial charge is 0.467 e. The van der Waals surface area contributed by atoms with Gasteiger partial charge in [-0.25, -0.2) is 5.01 Å². The van der Waals surface area contributed by atoms with Gasteiger partial charge in [0.2, 0.25) is 0 Å². The number of benzene rings is 1. The predicted octanol–water partition coefficient (Wildman–Crippen LogP) is 4.99. The van der Waals surface area contributed by atoms with E-state index in [1.807, 2.05) is 29.0 Å². The summed E-state index contributed by atoms with van der Waals surface area (Å²) in [4.78, 5) is 13.0. The van der Waals surface area contributed by atoms with E-state index >= 15 is 0 Å². The average Bonchev–Trinajstić information content (AvgIpc) is 3.33. The smallest absolute Gasteiger partial charge is 0.276 e. The van der Waals surface area contributed by atoms with Crippen molar-refractivity contribution in [3.05, 3.63) is 81.4 Å². The highest BCUT2D eigenvalue weighted by Gasteiger charge is 2.36. The molecule has 0 fully saturated rings. The van der Waals surface area contributed by atoms with Crippen LogP contribution in [0.25, 0.3) is 0 Å². The summed E-state index contributed by atoms with van der Waals surface area (Å²) in [5.41, 5.74) is 2.34. The molecule has 0 unspecified atom stereocenters. The molecule has 120 valence electrons. The summed E-state index contributed by atoms with van der Waals surface area (Å²) in [6, 6.07) is 12.4. The summed E-state index contributed by atoms with van der Waals surface area (Å²) in [5, 5.41) is 10.5. The van der Waals surface area contributed by atoms with Crippen molar-refractivity contribution in [1.29, 1.82) is 0 Å². The maximum Gasteiger partial charge on any atom is 0.276 e. The summed E-state index contributed by atoms with van der Waals surface area (Å²) in [5.74, 6) is 0.483. The van der Waals surface area contributed by atoms with E-state index < -0.39 is 0 Å². The van der Waals surface area contributed by atoms with E-state index in [1.54, 1.807) is 41.9 Å². The van der Waals surface area contributed by atoms with Crippen molar-refractivity contribution >= 4 is 34.6 Å². The fourth-order valence-corrected chi connectivity index (χ4v) is 3.64. The molecule has 1 amide bonds. The number of furan rings is 1. The molecule has 0 spiro atoms. The van der Waals surface area contributed by atoms with Crippen molar-refractivity contribution in [3.63, 3.8) is 0 Å². The van der Waals surface area contributed by atoms with Gasteiger partial charge in [-0.05, 0) is 41.1 Å². The maximum atomic E-state index is 13.0.